The second kappa shape index (κ2) is 9.30. The summed E-state index contributed by atoms with van der Waals surface area (Å²) in [6, 6.07) is 51.3. The molecule has 0 N–H and O–H groups in total. The molecule has 0 saturated heterocycles. The van der Waals surface area contributed by atoms with Gasteiger partial charge in [0.2, 0.25) is 0 Å². The summed E-state index contributed by atoms with van der Waals surface area (Å²) in [6.45, 7) is 4.72. The molecule has 3 heterocycles. The molecule has 2 aromatic heterocycles. The van der Waals surface area contributed by atoms with E-state index in [2.05, 4.69) is 158 Å². The van der Waals surface area contributed by atoms with Crippen LogP contribution in [0.4, 0.5) is 17.1 Å². The van der Waals surface area contributed by atoms with E-state index in [1.165, 1.54) is 61.0 Å². The van der Waals surface area contributed by atoms with E-state index in [1.807, 2.05) is 12.5 Å². The topological polar surface area (TPSA) is 29.5 Å². The van der Waals surface area contributed by atoms with Crippen LogP contribution in [0.3, 0.4) is 0 Å². The summed E-state index contributed by atoms with van der Waals surface area (Å²) in [5.41, 5.74) is 15.2. The van der Waals surface area contributed by atoms with E-state index in [9.17, 15) is 0 Å². The van der Waals surface area contributed by atoms with Crippen molar-refractivity contribution in [1.82, 2.24) is 0 Å². The smallest absolute Gasteiger partial charge is 0.174 e. The molecule has 0 unspecified atom stereocenters. The van der Waals surface area contributed by atoms with E-state index in [0.717, 1.165) is 34.0 Å². The number of anilines is 3. The second-order valence-corrected chi connectivity index (χ2v) is 14.1. The van der Waals surface area contributed by atoms with Crippen LogP contribution in [0, 0.1) is 0 Å². The normalized spacial score (nSPS) is 15.4. The minimum atomic E-state index is -0.592. The quantitative estimate of drug-likeness (QED) is 0.191. The van der Waals surface area contributed by atoms with Gasteiger partial charge in [-0.2, -0.15) is 0 Å². The van der Waals surface area contributed by atoms with Crippen LogP contribution in [0.5, 0.6) is 0 Å². The van der Waals surface area contributed by atoms with Crippen molar-refractivity contribution in [2.45, 2.75) is 24.7 Å². The Bertz CT molecular complexity index is 2610. The van der Waals surface area contributed by atoms with Gasteiger partial charge in [-0.1, -0.05) is 105 Å². The van der Waals surface area contributed by atoms with E-state index in [0.29, 0.717) is 0 Å². The first-order valence-corrected chi connectivity index (χ1v) is 17.0. The van der Waals surface area contributed by atoms with E-state index in [-0.39, 0.29) is 5.41 Å². The van der Waals surface area contributed by atoms with Crippen LogP contribution < -0.4 is 4.90 Å². The number of hydrogen-bond donors (Lipinski definition) is 0. The largest absolute Gasteiger partial charge is 0.461 e. The lowest BCUT2D eigenvalue weighted by atomic mass is 9.64. The summed E-state index contributed by atoms with van der Waals surface area (Å²) in [7, 11) is 0. The van der Waals surface area contributed by atoms with Crippen molar-refractivity contribution in [3.63, 3.8) is 0 Å². The van der Waals surface area contributed by atoms with Gasteiger partial charge in [0.05, 0.1) is 29.3 Å². The first kappa shape index (κ1) is 26.9. The first-order valence-electron chi connectivity index (χ1n) is 17.0. The number of hydrogen-bond acceptors (Lipinski definition) is 3. The highest BCUT2D eigenvalue weighted by atomic mass is 16.4. The Morgan fingerprint density at radius 3 is 1.92 bits per heavy atom. The summed E-state index contributed by atoms with van der Waals surface area (Å²) in [6.07, 6.45) is 3.62. The molecule has 11 rings (SSSR count). The van der Waals surface area contributed by atoms with Crippen molar-refractivity contribution in [2.75, 3.05) is 4.90 Å². The molecule has 3 aliphatic rings. The van der Waals surface area contributed by atoms with Crippen LogP contribution in [0.15, 0.2) is 161 Å². The van der Waals surface area contributed by atoms with Gasteiger partial charge in [0.1, 0.15) is 0 Å². The van der Waals surface area contributed by atoms with Crippen molar-refractivity contribution >= 4 is 27.8 Å². The Hall–Kier alpha value is -6.06. The maximum Gasteiger partial charge on any atom is 0.174 e. The summed E-state index contributed by atoms with van der Waals surface area (Å²) >= 11 is 0. The molecule has 232 valence electrons. The van der Waals surface area contributed by atoms with Crippen molar-refractivity contribution in [3.05, 3.63) is 185 Å². The predicted molar refractivity (Wildman–Crippen MR) is 197 cm³/mol. The fourth-order valence-electron chi connectivity index (χ4n) is 9.23. The van der Waals surface area contributed by atoms with Crippen LogP contribution in [0.2, 0.25) is 0 Å². The highest BCUT2D eigenvalue weighted by Gasteiger charge is 2.55. The van der Waals surface area contributed by atoms with Gasteiger partial charge in [0.15, 0.2) is 11.5 Å². The zero-order chi connectivity index (χ0) is 32.5. The minimum absolute atomic E-state index is 0.148. The van der Waals surface area contributed by atoms with E-state index in [1.54, 1.807) is 0 Å². The number of para-hydroxylation sites is 1. The van der Waals surface area contributed by atoms with Crippen LogP contribution in [0.25, 0.3) is 44.5 Å². The molecule has 0 atom stereocenters. The highest BCUT2D eigenvalue weighted by Crippen LogP contribution is 2.65. The average molecular weight is 630 g/mol. The summed E-state index contributed by atoms with van der Waals surface area (Å²) < 4.78 is 12.4. The Balaban J connectivity index is 1.21. The fraction of sp³-hybridized carbons (Fsp3) is 0.0870. The molecular formula is C46H31NO2. The van der Waals surface area contributed by atoms with Gasteiger partial charge >= 0.3 is 0 Å². The molecule has 49 heavy (non-hydrogen) atoms. The van der Waals surface area contributed by atoms with Crippen molar-refractivity contribution < 1.29 is 8.83 Å². The average Bonchev–Trinajstić information content (AvgIpc) is 3.92. The lowest BCUT2D eigenvalue weighted by Gasteiger charge is -2.44. The molecule has 0 bridgehead atoms. The summed E-state index contributed by atoms with van der Waals surface area (Å²) in [5.74, 6) is 1.63. The zero-order valence-corrected chi connectivity index (χ0v) is 27.2. The van der Waals surface area contributed by atoms with Gasteiger partial charge in [0.25, 0.3) is 0 Å². The molecule has 1 spiro atoms. The van der Waals surface area contributed by atoms with E-state index in [4.69, 9.17) is 8.83 Å². The second-order valence-electron chi connectivity index (χ2n) is 14.1. The monoisotopic (exact) mass is 629 g/mol. The van der Waals surface area contributed by atoms with Crippen molar-refractivity contribution in [1.29, 1.82) is 0 Å². The Labute approximate surface area is 284 Å². The Morgan fingerprint density at radius 1 is 0.449 bits per heavy atom. The Kier molecular flexibility index (Phi) is 5.11. The van der Waals surface area contributed by atoms with Gasteiger partial charge in [0, 0.05) is 22.2 Å². The molecular weight excluding hydrogens is 599 g/mol. The molecule has 0 saturated carbocycles. The highest BCUT2D eigenvalue weighted by molar-refractivity contribution is 5.99. The Morgan fingerprint density at radius 2 is 1.12 bits per heavy atom. The molecule has 3 heteroatoms. The molecule has 1 aliphatic heterocycles. The van der Waals surface area contributed by atoms with Gasteiger partial charge in [-0.25, -0.2) is 0 Å². The molecule has 6 aromatic carbocycles. The zero-order valence-electron chi connectivity index (χ0n) is 27.2. The SMILES string of the molecule is CC1(C)c2ccccc2-c2cc3c(cc21)N(c1ccc2cc(-c4ccccc4)ccc2c1)c1ccccc1C31c2ccoc2-c2occc21. The first-order chi connectivity index (χ1) is 24.0. The number of fused-ring (bicyclic) bond motifs is 13. The standard InChI is InChI=1S/C46H31NO2/c1-45(2)35-13-7-6-12-33(35)34-26-40-42(27-39(34)45)47(32-19-18-30-24-29(16-17-31(30)25-32)28-10-4-3-5-11-28)41-15-9-8-14-36(41)46(40)37-20-22-48-43(37)44-38(46)21-23-49-44/h3-27H,1-2H3. The van der Waals surface area contributed by atoms with Crippen molar-refractivity contribution in [3.8, 4) is 33.8 Å². The van der Waals surface area contributed by atoms with Gasteiger partial charge < -0.3 is 13.7 Å². The lowest BCUT2D eigenvalue weighted by Crippen LogP contribution is -2.36. The van der Waals surface area contributed by atoms with Gasteiger partial charge in [-0.05, 0) is 104 Å². The van der Waals surface area contributed by atoms with E-state index >= 15 is 0 Å². The minimum Gasteiger partial charge on any atom is -0.461 e. The number of benzene rings is 6. The van der Waals surface area contributed by atoms with Crippen LogP contribution in [-0.2, 0) is 10.8 Å². The third-order valence-corrected chi connectivity index (χ3v) is 11.4. The lowest BCUT2D eigenvalue weighted by molar-refractivity contribution is 0.525. The van der Waals surface area contributed by atoms with Gasteiger partial charge in [-0.15, -0.1) is 0 Å². The van der Waals surface area contributed by atoms with Gasteiger partial charge in [-0.3, -0.25) is 0 Å². The third-order valence-electron chi connectivity index (χ3n) is 11.4. The number of nitrogens with zero attached hydrogens (tertiary/aromatic N) is 1. The molecule has 3 nitrogen and oxygen atoms in total. The summed E-state index contributed by atoms with van der Waals surface area (Å²) in [5, 5.41) is 2.43. The molecule has 2 aliphatic carbocycles. The van der Waals surface area contributed by atoms with Crippen molar-refractivity contribution in [2.24, 2.45) is 0 Å². The maximum atomic E-state index is 6.19. The maximum absolute atomic E-state index is 6.19. The fourth-order valence-corrected chi connectivity index (χ4v) is 9.23. The number of rotatable bonds is 2. The molecule has 8 aromatic rings. The summed E-state index contributed by atoms with van der Waals surface area (Å²) in [4.78, 5) is 2.48. The molecule has 0 radical (unpaired) electrons. The van der Waals surface area contributed by atoms with E-state index < -0.39 is 5.41 Å². The number of furan rings is 2. The molecule has 0 amide bonds. The molecule has 0 fully saturated rings. The predicted octanol–water partition coefficient (Wildman–Crippen LogP) is 12.1. The van der Waals surface area contributed by atoms with Crippen LogP contribution in [-0.4, -0.2) is 0 Å². The van der Waals surface area contributed by atoms with Crippen LogP contribution in [0.1, 0.15) is 47.2 Å². The van der Waals surface area contributed by atoms with Crippen LogP contribution >= 0.6 is 0 Å². The third kappa shape index (κ3) is 3.32.